The fourth-order valence-corrected chi connectivity index (χ4v) is 2.31. The minimum absolute atomic E-state index is 0.0821. The predicted octanol–water partition coefficient (Wildman–Crippen LogP) is 4.18. The lowest BCUT2D eigenvalue weighted by molar-refractivity contribution is 0.104. The number of ketones is 1. The van der Waals surface area contributed by atoms with E-state index in [0.29, 0.717) is 30.3 Å². The van der Waals surface area contributed by atoms with Gasteiger partial charge in [0.15, 0.2) is 17.3 Å². The Balaban J connectivity index is 2.08. The zero-order chi connectivity index (χ0) is 18.1. The summed E-state index contributed by atoms with van der Waals surface area (Å²) in [7, 11) is 3.17. The number of ether oxygens (including phenoxy) is 3. The number of aryl methyl sites for hydroxylation is 1. The molecule has 132 valence electrons. The number of rotatable bonds is 9. The number of allylic oxidation sites excluding steroid dienone is 1. The van der Waals surface area contributed by atoms with Gasteiger partial charge in [-0.1, -0.05) is 37.3 Å². The van der Waals surface area contributed by atoms with Crippen molar-refractivity contribution in [3.05, 3.63) is 65.2 Å². The lowest BCUT2D eigenvalue weighted by atomic mass is 10.1. The van der Waals surface area contributed by atoms with Gasteiger partial charge in [0.05, 0.1) is 13.7 Å². The first-order valence-electron chi connectivity index (χ1n) is 8.29. The fourth-order valence-electron chi connectivity index (χ4n) is 2.31. The summed E-state index contributed by atoms with van der Waals surface area (Å²) in [6, 6.07) is 13.3. The Hall–Kier alpha value is -2.59. The fraction of sp³-hybridized carbons (Fsp3) is 0.286. The predicted molar refractivity (Wildman–Crippen MR) is 99.5 cm³/mol. The summed E-state index contributed by atoms with van der Waals surface area (Å²) in [6.45, 7) is 3.03. The maximum atomic E-state index is 12.4. The number of carbonyl (C=O) groups excluding carboxylic acids is 1. The first-order chi connectivity index (χ1) is 12.2. The minimum Gasteiger partial charge on any atom is -0.493 e. The summed E-state index contributed by atoms with van der Waals surface area (Å²) in [5.74, 6) is 1.04. The van der Waals surface area contributed by atoms with Gasteiger partial charge in [0.1, 0.15) is 6.61 Å². The van der Waals surface area contributed by atoms with Crippen molar-refractivity contribution in [1.82, 2.24) is 0 Å². The van der Waals surface area contributed by atoms with Gasteiger partial charge in [0.2, 0.25) is 0 Å². The first-order valence-corrected chi connectivity index (χ1v) is 8.29. The Morgan fingerprint density at radius 1 is 1.00 bits per heavy atom. The van der Waals surface area contributed by atoms with E-state index >= 15 is 0 Å². The second kappa shape index (κ2) is 9.64. The molecule has 2 aromatic rings. The highest BCUT2D eigenvalue weighted by molar-refractivity contribution is 6.07. The molecular weight excluding hydrogens is 316 g/mol. The van der Waals surface area contributed by atoms with Crippen LogP contribution in [0.25, 0.3) is 6.08 Å². The van der Waals surface area contributed by atoms with E-state index in [2.05, 4.69) is 19.1 Å². The molecule has 0 unspecified atom stereocenters. The molecule has 0 heterocycles. The van der Waals surface area contributed by atoms with E-state index in [1.54, 1.807) is 38.5 Å². The average molecular weight is 340 g/mol. The molecular formula is C21H24O4. The van der Waals surface area contributed by atoms with Crippen molar-refractivity contribution in [1.29, 1.82) is 0 Å². The van der Waals surface area contributed by atoms with Crippen LogP contribution in [0.15, 0.2) is 48.5 Å². The van der Waals surface area contributed by atoms with Crippen LogP contribution in [0.2, 0.25) is 0 Å². The molecule has 0 aromatic heterocycles. The zero-order valence-corrected chi connectivity index (χ0v) is 15.0. The van der Waals surface area contributed by atoms with Crippen molar-refractivity contribution >= 4 is 11.9 Å². The van der Waals surface area contributed by atoms with Crippen LogP contribution in [-0.2, 0) is 11.2 Å². The summed E-state index contributed by atoms with van der Waals surface area (Å²) < 4.78 is 15.8. The summed E-state index contributed by atoms with van der Waals surface area (Å²) in [6.07, 6.45) is 4.39. The van der Waals surface area contributed by atoms with Crippen LogP contribution in [0.1, 0.15) is 28.4 Å². The van der Waals surface area contributed by atoms with Gasteiger partial charge in [-0.2, -0.15) is 0 Å². The Morgan fingerprint density at radius 2 is 1.76 bits per heavy atom. The van der Waals surface area contributed by atoms with Crippen molar-refractivity contribution in [2.75, 3.05) is 27.4 Å². The number of methoxy groups -OCH3 is 2. The number of hydrogen-bond acceptors (Lipinski definition) is 4. The molecule has 0 spiro atoms. The highest BCUT2D eigenvalue weighted by atomic mass is 16.5. The van der Waals surface area contributed by atoms with Crippen molar-refractivity contribution < 1.29 is 19.0 Å². The third-order valence-electron chi connectivity index (χ3n) is 3.81. The third kappa shape index (κ3) is 5.47. The second-order valence-corrected chi connectivity index (χ2v) is 5.50. The van der Waals surface area contributed by atoms with Crippen LogP contribution in [0, 0.1) is 0 Å². The molecule has 0 saturated heterocycles. The molecule has 2 aromatic carbocycles. The van der Waals surface area contributed by atoms with E-state index in [1.165, 1.54) is 5.56 Å². The molecule has 0 N–H and O–H groups in total. The van der Waals surface area contributed by atoms with Gasteiger partial charge in [-0.15, -0.1) is 0 Å². The van der Waals surface area contributed by atoms with Gasteiger partial charge in [-0.05, 0) is 41.8 Å². The van der Waals surface area contributed by atoms with Crippen LogP contribution in [0.3, 0.4) is 0 Å². The van der Waals surface area contributed by atoms with E-state index in [4.69, 9.17) is 14.2 Å². The maximum Gasteiger partial charge on any atom is 0.185 e. The van der Waals surface area contributed by atoms with E-state index in [1.807, 2.05) is 18.2 Å². The molecule has 0 aliphatic rings. The summed E-state index contributed by atoms with van der Waals surface area (Å²) in [5, 5.41) is 0. The number of benzene rings is 2. The highest BCUT2D eigenvalue weighted by Crippen LogP contribution is 2.28. The third-order valence-corrected chi connectivity index (χ3v) is 3.81. The van der Waals surface area contributed by atoms with Gasteiger partial charge in [0.25, 0.3) is 0 Å². The van der Waals surface area contributed by atoms with Crippen LogP contribution >= 0.6 is 0 Å². The minimum atomic E-state index is -0.0821. The summed E-state index contributed by atoms with van der Waals surface area (Å²) in [4.78, 5) is 12.4. The van der Waals surface area contributed by atoms with Crippen molar-refractivity contribution in [2.24, 2.45) is 0 Å². The van der Waals surface area contributed by atoms with Crippen LogP contribution in [0.4, 0.5) is 0 Å². The first kappa shape index (κ1) is 18.7. The lowest BCUT2D eigenvalue weighted by Crippen LogP contribution is -2.06. The van der Waals surface area contributed by atoms with Crippen molar-refractivity contribution in [2.45, 2.75) is 13.3 Å². The van der Waals surface area contributed by atoms with Gasteiger partial charge in [0, 0.05) is 12.7 Å². The smallest absolute Gasteiger partial charge is 0.185 e. The van der Waals surface area contributed by atoms with E-state index < -0.39 is 0 Å². The van der Waals surface area contributed by atoms with Crippen LogP contribution < -0.4 is 9.47 Å². The standard InChI is InChI=1S/C21H24O4/c1-4-16-5-7-17(8-6-16)9-11-19(22)18-10-12-20(21(15-18)24-3)25-14-13-23-2/h5-12,15H,4,13-14H2,1-3H3. The zero-order valence-electron chi connectivity index (χ0n) is 15.0. The summed E-state index contributed by atoms with van der Waals surface area (Å²) >= 11 is 0. The quantitative estimate of drug-likeness (QED) is 0.390. The van der Waals surface area contributed by atoms with Crippen molar-refractivity contribution in [3.63, 3.8) is 0 Å². The van der Waals surface area contributed by atoms with Gasteiger partial charge >= 0.3 is 0 Å². The van der Waals surface area contributed by atoms with Crippen LogP contribution in [-0.4, -0.2) is 33.2 Å². The molecule has 2 rings (SSSR count). The molecule has 25 heavy (non-hydrogen) atoms. The molecule has 0 atom stereocenters. The highest BCUT2D eigenvalue weighted by Gasteiger charge is 2.09. The van der Waals surface area contributed by atoms with Gasteiger partial charge in [-0.3, -0.25) is 4.79 Å². The molecule has 0 saturated carbocycles. The normalized spacial score (nSPS) is 10.8. The van der Waals surface area contributed by atoms with Crippen molar-refractivity contribution in [3.8, 4) is 11.5 Å². The van der Waals surface area contributed by atoms with E-state index in [-0.39, 0.29) is 5.78 Å². The Kier molecular flexibility index (Phi) is 7.23. The monoisotopic (exact) mass is 340 g/mol. The van der Waals surface area contributed by atoms with E-state index in [9.17, 15) is 4.79 Å². The molecule has 0 radical (unpaired) electrons. The largest absolute Gasteiger partial charge is 0.493 e. The average Bonchev–Trinajstić information content (AvgIpc) is 2.66. The molecule has 0 aliphatic carbocycles. The maximum absolute atomic E-state index is 12.4. The van der Waals surface area contributed by atoms with E-state index in [0.717, 1.165) is 12.0 Å². The lowest BCUT2D eigenvalue weighted by Gasteiger charge is -2.11. The Morgan fingerprint density at radius 3 is 2.40 bits per heavy atom. The molecule has 0 bridgehead atoms. The number of hydrogen-bond donors (Lipinski definition) is 0. The summed E-state index contributed by atoms with van der Waals surface area (Å²) in [5.41, 5.74) is 2.83. The molecule has 0 aliphatic heterocycles. The Bertz CT molecular complexity index is 717. The molecule has 4 nitrogen and oxygen atoms in total. The SMILES string of the molecule is CCc1ccc(C=CC(=O)c2ccc(OCCOC)c(OC)c2)cc1. The molecule has 0 amide bonds. The van der Waals surface area contributed by atoms with Crippen LogP contribution in [0.5, 0.6) is 11.5 Å². The van der Waals surface area contributed by atoms with Gasteiger partial charge < -0.3 is 14.2 Å². The molecule has 0 fully saturated rings. The number of carbonyl (C=O) groups is 1. The van der Waals surface area contributed by atoms with Gasteiger partial charge in [-0.25, -0.2) is 0 Å². The topological polar surface area (TPSA) is 44.8 Å². The molecule has 4 heteroatoms. The second-order valence-electron chi connectivity index (χ2n) is 5.50. The Labute approximate surface area is 149 Å².